The van der Waals surface area contributed by atoms with Gasteiger partial charge in [-0.3, -0.25) is 0 Å². The molecule has 8 aromatic rings. The van der Waals surface area contributed by atoms with Crippen LogP contribution in [-0.4, -0.2) is 4.57 Å². The molecule has 0 aliphatic rings. The van der Waals surface area contributed by atoms with Crippen LogP contribution in [0.3, 0.4) is 0 Å². The maximum absolute atomic E-state index is 6.11. The minimum absolute atomic E-state index is 0.923. The van der Waals surface area contributed by atoms with Crippen molar-refractivity contribution in [1.82, 2.24) is 4.57 Å². The zero-order valence-electron chi connectivity index (χ0n) is 20.6. The summed E-state index contributed by atoms with van der Waals surface area (Å²) in [4.78, 5) is 0. The van der Waals surface area contributed by atoms with Crippen molar-refractivity contribution in [3.8, 4) is 27.9 Å². The highest BCUT2D eigenvalue weighted by Gasteiger charge is 2.14. The molecule has 0 unspecified atom stereocenters. The molecule has 0 bridgehead atoms. The van der Waals surface area contributed by atoms with Crippen LogP contribution in [0.15, 0.2) is 144 Å². The molecule has 0 N–H and O–H groups in total. The highest BCUT2D eigenvalue weighted by molar-refractivity contribution is 6.12. The minimum atomic E-state index is 0.923. The lowest BCUT2D eigenvalue weighted by atomic mass is 9.97. The van der Waals surface area contributed by atoms with E-state index in [0.29, 0.717) is 0 Å². The van der Waals surface area contributed by atoms with Gasteiger partial charge in [0.2, 0.25) is 0 Å². The van der Waals surface area contributed by atoms with Gasteiger partial charge in [-0.25, -0.2) is 0 Å². The van der Waals surface area contributed by atoms with Gasteiger partial charge in [-0.2, -0.15) is 0 Å². The molecular formula is C36H23NO. The van der Waals surface area contributed by atoms with Crippen molar-refractivity contribution in [3.63, 3.8) is 0 Å². The Morgan fingerprint density at radius 3 is 1.79 bits per heavy atom. The monoisotopic (exact) mass is 485 g/mol. The molecule has 38 heavy (non-hydrogen) atoms. The number of furan rings is 1. The normalized spacial score (nSPS) is 11.7. The van der Waals surface area contributed by atoms with Crippen LogP contribution in [0.5, 0.6) is 0 Å². The van der Waals surface area contributed by atoms with Gasteiger partial charge in [0.05, 0.1) is 11.0 Å². The third-order valence-electron chi connectivity index (χ3n) is 7.62. The van der Waals surface area contributed by atoms with Crippen molar-refractivity contribution in [2.24, 2.45) is 0 Å². The van der Waals surface area contributed by atoms with Crippen LogP contribution in [0.25, 0.3) is 71.7 Å². The molecule has 2 nitrogen and oxygen atoms in total. The van der Waals surface area contributed by atoms with E-state index in [1.165, 1.54) is 55.1 Å². The number of hydrogen-bond donors (Lipinski definition) is 0. The molecule has 6 aromatic carbocycles. The second kappa shape index (κ2) is 8.22. The van der Waals surface area contributed by atoms with E-state index in [-0.39, 0.29) is 0 Å². The van der Waals surface area contributed by atoms with Gasteiger partial charge < -0.3 is 8.98 Å². The van der Waals surface area contributed by atoms with Gasteiger partial charge in [-0.15, -0.1) is 0 Å². The lowest BCUT2D eigenvalue weighted by Gasteiger charge is -2.11. The molecule has 2 heteroatoms. The number of para-hydroxylation sites is 3. The molecule has 0 radical (unpaired) electrons. The van der Waals surface area contributed by atoms with Gasteiger partial charge in [0.15, 0.2) is 0 Å². The van der Waals surface area contributed by atoms with Gasteiger partial charge in [0.25, 0.3) is 0 Å². The Morgan fingerprint density at radius 2 is 1.03 bits per heavy atom. The van der Waals surface area contributed by atoms with E-state index in [9.17, 15) is 0 Å². The average molecular weight is 486 g/mol. The first kappa shape index (κ1) is 21.0. The second-order valence-electron chi connectivity index (χ2n) is 9.77. The number of rotatable bonds is 3. The molecule has 2 heterocycles. The zero-order valence-corrected chi connectivity index (χ0v) is 20.6. The fraction of sp³-hybridized carbons (Fsp3) is 0. The van der Waals surface area contributed by atoms with Crippen molar-refractivity contribution >= 4 is 43.7 Å². The smallest absolute Gasteiger partial charge is 0.136 e. The number of hydrogen-bond acceptors (Lipinski definition) is 1. The fourth-order valence-corrected chi connectivity index (χ4v) is 5.88. The summed E-state index contributed by atoms with van der Waals surface area (Å²) in [5.41, 5.74) is 10.2. The predicted molar refractivity (Wildman–Crippen MR) is 159 cm³/mol. The summed E-state index contributed by atoms with van der Waals surface area (Å²) in [7, 11) is 0. The van der Waals surface area contributed by atoms with E-state index < -0.39 is 0 Å². The molecule has 0 aliphatic heterocycles. The maximum Gasteiger partial charge on any atom is 0.136 e. The fourth-order valence-electron chi connectivity index (χ4n) is 5.88. The topological polar surface area (TPSA) is 18.1 Å². The quantitative estimate of drug-likeness (QED) is 0.243. The number of aromatic nitrogens is 1. The SMILES string of the molecule is c1cc(-c2ccc(-c3cccc4oc5ccccc5c34)cc2)cc(-n2c3ccccc3c3ccccc32)c1. The van der Waals surface area contributed by atoms with E-state index in [1.54, 1.807) is 0 Å². The van der Waals surface area contributed by atoms with Gasteiger partial charge in [0.1, 0.15) is 11.2 Å². The van der Waals surface area contributed by atoms with Crippen LogP contribution in [0.1, 0.15) is 0 Å². The van der Waals surface area contributed by atoms with Crippen LogP contribution < -0.4 is 0 Å². The second-order valence-corrected chi connectivity index (χ2v) is 9.77. The molecule has 2 aromatic heterocycles. The van der Waals surface area contributed by atoms with Gasteiger partial charge in [-0.05, 0) is 58.7 Å². The first-order valence-corrected chi connectivity index (χ1v) is 12.9. The van der Waals surface area contributed by atoms with E-state index in [1.807, 2.05) is 18.2 Å². The Kier molecular flexibility index (Phi) is 4.55. The lowest BCUT2D eigenvalue weighted by molar-refractivity contribution is 0.669. The highest BCUT2D eigenvalue weighted by Crippen LogP contribution is 2.38. The summed E-state index contributed by atoms with van der Waals surface area (Å²) >= 11 is 0. The number of benzene rings is 6. The highest BCUT2D eigenvalue weighted by atomic mass is 16.3. The number of nitrogens with zero attached hydrogens (tertiary/aromatic N) is 1. The van der Waals surface area contributed by atoms with Crippen molar-refractivity contribution in [2.45, 2.75) is 0 Å². The largest absolute Gasteiger partial charge is 0.456 e. The lowest BCUT2D eigenvalue weighted by Crippen LogP contribution is -1.94. The standard InChI is InChI=1S/C36H23NO/c1-4-15-32-29(11-1)30-12-2-5-16-33(30)37(32)27-10-7-9-26(23-27)24-19-21-25(22-20-24)28-14-8-18-35-36(28)31-13-3-6-17-34(31)38-35/h1-23H. The average Bonchev–Trinajstić information content (AvgIpc) is 3.53. The molecule has 8 rings (SSSR count). The van der Waals surface area contributed by atoms with Crippen molar-refractivity contribution in [1.29, 1.82) is 0 Å². The zero-order chi connectivity index (χ0) is 25.1. The van der Waals surface area contributed by atoms with Gasteiger partial charge >= 0.3 is 0 Å². The van der Waals surface area contributed by atoms with Crippen LogP contribution in [-0.2, 0) is 0 Å². The molecule has 0 saturated heterocycles. The summed E-state index contributed by atoms with van der Waals surface area (Å²) in [6.45, 7) is 0. The van der Waals surface area contributed by atoms with Gasteiger partial charge in [-0.1, -0.05) is 103 Å². The third kappa shape index (κ3) is 3.14. The Bertz CT molecular complexity index is 2070. The molecule has 0 atom stereocenters. The van der Waals surface area contributed by atoms with E-state index in [0.717, 1.165) is 16.6 Å². The minimum Gasteiger partial charge on any atom is -0.456 e. The summed E-state index contributed by atoms with van der Waals surface area (Å²) in [6.07, 6.45) is 0. The van der Waals surface area contributed by atoms with Crippen molar-refractivity contribution in [2.75, 3.05) is 0 Å². The first-order valence-electron chi connectivity index (χ1n) is 12.9. The molecule has 0 spiro atoms. The first-order chi connectivity index (χ1) is 18.8. The van der Waals surface area contributed by atoms with E-state index in [2.05, 4.69) is 126 Å². The predicted octanol–water partition coefficient (Wildman–Crippen LogP) is 10.0. The molecule has 0 saturated carbocycles. The summed E-state index contributed by atoms with van der Waals surface area (Å²) < 4.78 is 8.48. The Hall–Kier alpha value is -5.08. The molecular weight excluding hydrogens is 462 g/mol. The molecule has 0 aliphatic carbocycles. The Balaban J connectivity index is 1.24. The summed E-state index contributed by atoms with van der Waals surface area (Å²) in [6, 6.07) is 49.6. The van der Waals surface area contributed by atoms with E-state index >= 15 is 0 Å². The van der Waals surface area contributed by atoms with Crippen LogP contribution in [0, 0.1) is 0 Å². The van der Waals surface area contributed by atoms with E-state index in [4.69, 9.17) is 4.42 Å². The molecule has 0 fully saturated rings. The van der Waals surface area contributed by atoms with Crippen LogP contribution in [0.2, 0.25) is 0 Å². The van der Waals surface area contributed by atoms with Crippen molar-refractivity contribution < 1.29 is 4.42 Å². The maximum atomic E-state index is 6.11. The van der Waals surface area contributed by atoms with Crippen molar-refractivity contribution in [3.05, 3.63) is 140 Å². The molecule has 178 valence electrons. The summed E-state index contributed by atoms with van der Waals surface area (Å²) in [5, 5.41) is 4.88. The third-order valence-corrected chi connectivity index (χ3v) is 7.62. The Morgan fingerprint density at radius 1 is 0.421 bits per heavy atom. The van der Waals surface area contributed by atoms with Crippen LogP contribution >= 0.6 is 0 Å². The summed E-state index contributed by atoms with van der Waals surface area (Å²) in [5.74, 6) is 0. The Labute approximate surface area is 220 Å². The number of fused-ring (bicyclic) bond motifs is 6. The van der Waals surface area contributed by atoms with Gasteiger partial charge in [0, 0.05) is 27.2 Å². The molecule has 0 amide bonds. The van der Waals surface area contributed by atoms with Crippen LogP contribution in [0.4, 0.5) is 0 Å².